The quantitative estimate of drug-likeness (QED) is 0.840. The Bertz CT molecular complexity index is 310. The second kappa shape index (κ2) is 5.44. The lowest BCUT2D eigenvalue weighted by molar-refractivity contribution is 0.372. The lowest BCUT2D eigenvalue weighted by atomic mass is 9.98. The number of hydrogen-bond acceptors (Lipinski definition) is 2. The summed E-state index contributed by atoms with van der Waals surface area (Å²) in [4.78, 5) is 4.13. The van der Waals surface area contributed by atoms with Crippen LogP contribution in [0.25, 0.3) is 0 Å². The molecule has 1 aliphatic rings. The van der Waals surface area contributed by atoms with Crippen LogP contribution in [0, 0.1) is 11.8 Å². The maximum absolute atomic E-state index is 4.13. The zero-order valence-corrected chi connectivity index (χ0v) is 10.3. The predicted molar refractivity (Wildman–Crippen MR) is 67.3 cm³/mol. The normalized spacial score (nSPS) is 29.5. The molecule has 1 aromatic heterocycles. The van der Waals surface area contributed by atoms with Gasteiger partial charge in [-0.3, -0.25) is 4.98 Å². The molecule has 3 atom stereocenters. The van der Waals surface area contributed by atoms with Crippen LogP contribution in [-0.4, -0.2) is 17.6 Å². The van der Waals surface area contributed by atoms with Gasteiger partial charge in [-0.2, -0.15) is 0 Å². The summed E-state index contributed by atoms with van der Waals surface area (Å²) in [5, 5.41) is 3.68. The average molecular weight is 218 g/mol. The Morgan fingerprint density at radius 1 is 1.38 bits per heavy atom. The van der Waals surface area contributed by atoms with Crippen molar-refractivity contribution >= 4 is 0 Å². The Hall–Kier alpha value is -0.890. The average Bonchev–Trinajstić information content (AvgIpc) is 2.62. The Balaban J connectivity index is 1.73. The maximum atomic E-state index is 4.13. The first-order valence-corrected chi connectivity index (χ1v) is 6.39. The van der Waals surface area contributed by atoms with Crippen molar-refractivity contribution in [3.05, 3.63) is 30.1 Å². The maximum Gasteiger partial charge on any atom is 0.0300 e. The van der Waals surface area contributed by atoms with Gasteiger partial charge in [-0.05, 0) is 49.3 Å². The van der Waals surface area contributed by atoms with Crippen LogP contribution in [0.3, 0.4) is 0 Å². The van der Waals surface area contributed by atoms with E-state index < -0.39 is 0 Å². The lowest BCUT2D eigenvalue weighted by Crippen LogP contribution is -2.33. The van der Waals surface area contributed by atoms with Gasteiger partial charge in [0.2, 0.25) is 0 Å². The molecule has 16 heavy (non-hydrogen) atoms. The SMILES string of the molecule is CC1CCC(NCCc2cccnc2)C1C. The number of hydrogen-bond donors (Lipinski definition) is 1. The van der Waals surface area contributed by atoms with E-state index >= 15 is 0 Å². The number of nitrogens with one attached hydrogen (secondary N) is 1. The first-order valence-electron chi connectivity index (χ1n) is 6.39. The van der Waals surface area contributed by atoms with Crippen molar-refractivity contribution in [2.75, 3.05) is 6.54 Å². The Labute approximate surface area is 98.5 Å². The van der Waals surface area contributed by atoms with Gasteiger partial charge in [-0.15, -0.1) is 0 Å². The van der Waals surface area contributed by atoms with Gasteiger partial charge in [0.15, 0.2) is 0 Å². The van der Waals surface area contributed by atoms with Gasteiger partial charge in [0.25, 0.3) is 0 Å². The summed E-state index contributed by atoms with van der Waals surface area (Å²) in [5.74, 6) is 1.71. The van der Waals surface area contributed by atoms with Crippen LogP contribution in [-0.2, 0) is 6.42 Å². The van der Waals surface area contributed by atoms with Crippen molar-refractivity contribution in [1.29, 1.82) is 0 Å². The summed E-state index contributed by atoms with van der Waals surface area (Å²) in [6, 6.07) is 4.89. The number of rotatable bonds is 4. The molecule has 0 amide bonds. The molecule has 2 rings (SSSR count). The second-order valence-corrected chi connectivity index (χ2v) is 5.09. The molecule has 0 radical (unpaired) electrons. The van der Waals surface area contributed by atoms with E-state index in [-0.39, 0.29) is 0 Å². The monoisotopic (exact) mass is 218 g/mol. The minimum absolute atomic E-state index is 0.728. The highest BCUT2D eigenvalue weighted by atomic mass is 14.9. The molecule has 1 N–H and O–H groups in total. The molecular formula is C14H22N2. The van der Waals surface area contributed by atoms with Crippen molar-refractivity contribution in [1.82, 2.24) is 10.3 Å². The Morgan fingerprint density at radius 3 is 2.88 bits per heavy atom. The second-order valence-electron chi connectivity index (χ2n) is 5.09. The molecule has 1 aliphatic carbocycles. The molecule has 0 bridgehead atoms. The van der Waals surface area contributed by atoms with Crippen LogP contribution < -0.4 is 5.32 Å². The summed E-state index contributed by atoms with van der Waals surface area (Å²) >= 11 is 0. The minimum atomic E-state index is 0.728. The van der Waals surface area contributed by atoms with Crippen LogP contribution in [0.5, 0.6) is 0 Å². The molecule has 1 fully saturated rings. The molecule has 1 aromatic rings. The molecule has 1 saturated carbocycles. The van der Waals surface area contributed by atoms with E-state index in [9.17, 15) is 0 Å². The van der Waals surface area contributed by atoms with Gasteiger partial charge in [0, 0.05) is 18.4 Å². The number of nitrogens with zero attached hydrogens (tertiary/aromatic N) is 1. The van der Waals surface area contributed by atoms with E-state index in [2.05, 4.69) is 30.2 Å². The molecule has 3 unspecified atom stereocenters. The molecule has 2 heteroatoms. The van der Waals surface area contributed by atoms with E-state index in [0.29, 0.717) is 0 Å². The summed E-state index contributed by atoms with van der Waals surface area (Å²) in [6.07, 6.45) is 7.60. The molecule has 0 aromatic carbocycles. The van der Waals surface area contributed by atoms with Crippen LogP contribution in [0.15, 0.2) is 24.5 Å². The fourth-order valence-corrected chi connectivity index (χ4v) is 2.60. The first-order chi connectivity index (χ1) is 7.77. The highest BCUT2D eigenvalue weighted by molar-refractivity contribution is 5.08. The summed E-state index contributed by atoms with van der Waals surface area (Å²) in [7, 11) is 0. The third-order valence-corrected chi connectivity index (χ3v) is 4.01. The van der Waals surface area contributed by atoms with Crippen molar-refractivity contribution < 1.29 is 0 Å². The zero-order chi connectivity index (χ0) is 11.4. The van der Waals surface area contributed by atoms with Gasteiger partial charge in [0.1, 0.15) is 0 Å². The van der Waals surface area contributed by atoms with E-state index in [1.165, 1.54) is 18.4 Å². The molecule has 88 valence electrons. The smallest absolute Gasteiger partial charge is 0.0300 e. The standard InChI is InChI=1S/C14H22N2/c1-11-5-6-14(12(11)2)16-9-7-13-4-3-8-15-10-13/h3-4,8,10-12,14,16H,5-7,9H2,1-2H3. The minimum Gasteiger partial charge on any atom is -0.313 e. The Morgan fingerprint density at radius 2 is 2.25 bits per heavy atom. The topological polar surface area (TPSA) is 24.9 Å². The third kappa shape index (κ3) is 2.82. The lowest BCUT2D eigenvalue weighted by Gasteiger charge is -2.19. The van der Waals surface area contributed by atoms with Crippen LogP contribution in [0.1, 0.15) is 32.3 Å². The fraction of sp³-hybridized carbons (Fsp3) is 0.643. The van der Waals surface area contributed by atoms with Gasteiger partial charge < -0.3 is 5.32 Å². The van der Waals surface area contributed by atoms with Crippen molar-refractivity contribution in [2.45, 2.75) is 39.2 Å². The van der Waals surface area contributed by atoms with Gasteiger partial charge in [-0.25, -0.2) is 0 Å². The number of pyridine rings is 1. The molecule has 0 spiro atoms. The zero-order valence-electron chi connectivity index (χ0n) is 10.3. The van der Waals surface area contributed by atoms with Crippen LogP contribution in [0.4, 0.5) is 0 Å². The summed E-state index contributed by atoms with van der Waals surface area (Å²) < 4.78 is 0. The molecule has 1 heterocycles. The third-order valence-electron chi connectivity index (χ3n) is 4.01. The molecule has 2 nitrogen and oxygen atoms in total. The fourth-order valence-electron chi connectivity index (χ4n) is 2.60. The van der Waals surface area contributed by atoms with Crippen LogP contribution in [0.2, 0.25) is 0 Å². The molecule has 0 aliphatic heterocycles. The largest absolute Gasteiger partial charge is 0.313 e. The van der Waals surface area contributed by atoms with Crippen molar-refractivity contribution in [3.63, 3.8) is 0 Å². The van der Waals surface area contributed by atoms with Gasteiger partial charge in [-0.1, -0.05) is 19.9 Å². The van der Waals surface area contributed by atoms with Crippen molar-refractivity contribution in [2.24, 2.45) is 11.8 Å². The van der Waals surface area contributed by atoms with Crippen LogP contribution >= 0.6 is 0 Å². The first kappa shape index (κ1) is 11.6. The molecular weight excluding hydrogens is 196 g/mol. The van der Waals surface area contributed by atoms with E-state index in [1.54, 1.807) is 0 Å². The molecule has 0 saturated heterocycles. The van der Waals surface area contributed by atoms with E-state index in [4.69, 9.17) is 0 Å². The highest BCUT2D eigenvalue weighted by Crippen LogP contribution is 2.30. The summed E-state index contributed by atoms with van der Waals surface area (Å²) in [5.41, 5.74) is 1.33. The summed E-state index contributed by atoms with van der Waals surface area (Å²) in [6.45, 7) is 5.82. The van der Waals surface area contributed by atoms with Crippen molar-refractivity contribution in [3.8, 4) is 0 Å². The van der Waals surface area contributed by atoms with Gasteiger partial charge in [0.05, 0.1) is 0 Å². The Kier molecular flexibility index (Phi) is 3.94. The van der Waals surface area contributed by atoms with Gasteiger partial charge >= 0.3 is 0 Å². The highest BCUT2D eigenvalue weighted by Gasteiger charge is 2.28. The van der Waals surface area contributed by atoms with E-state index in [1.807, 2.05) is 18.5 Å². The van der Waals surface area contributed by atoms with E-state index in [0.717, 1.165) is 30.8 Å². The predicted octanol–water partition coefficient (Wildman–Crippen LogP) is 2.65. The number of aromatic nitrogens is 1.